The van der Waals surface area contributed by atoms with Crippen LogP contribution in [0.15, 0.2) is 67.0 Å². The second-order valence-corrected chi connectivity index (χ2v) is 7.90. The first kappa shape index (κ1) is 14.6. The maximum absolute atomic E-state index is 4.76. The predicted octanol–water partition coefficient (Wildman–Crippen LogP) is 5.33. The van der Waals surface area contributed by atoms with Crippen molar-refractivity contribution in [3.8, 4) is 11.1 Å². The highest BCUT2D eigenvalue weighted by Gasteiger charge is 2.34. The minimum Gasteiger partial charge on any atom is -0.306 e. The van der Waals surface area contributed by atoms with Crippen LogP contribution in [0.4, 0.5) is 17.1 Å². The molecular weight excluding hydrogens is 342 g/mol. The fraction of sp³-hybridized carbons (Fsp3) is 0.120. The van der Waals surface area contributed by atoms with E-state index in [-0.39, 0.29) is 0 Å². The van der Waals surface area contributed by atoms with Crippen LogP contribution in [0.5, 0.6) is 0 Å². The highest BCUT2D eigenvalue weighted by molar-refractivity contribution is 5.90. The normalized spacial score (nSPS) is 14.6. The maximum Gasteiger partial charge on any atom is 0.0717 e. The molecule has 2 aromatic carbocycles. The third-order valence-electron chi connectivity index (χ3n) is 6.36. The fourth-order valence-corrected chi connectivity index (χ4v) is 5.15. The topological polar surface area (TPSA) is 29.0 Å². The Morgan fingerprint density at radius 1 is 0.607 bits per heavy atom. The van der Waals surface area contributed by atoms with E-state index < -0.39 is 0 Å². The summed E-state index contributed by atoms with van der Waals surface area (Å²) < 4.78 is 0. The van der Waals surface area contributed by atoms with Crippen LogP contribution >= 0.6 is 0 Å². The zero-order valence-corrected chi connectivity index (χ0v) is 15.3. The molecule has 3 aliphatic rings. The molecule has 132 valence electrons. The Balaban J connectivity index is 1.51. The van der Waals surface area contributed by atoms with Gasteiger partial charge in [-0.15, -0.1) is 0 Å². The molecule has 0 saturated carbocycles. The van der Waals surface area contributed by atoms with Gasteiger partial charge in [-0.25, -0.2) is 0 Å². The van der Waals surface area contributed by atoms with Crippen LogP contribution in [0.25, 0.3) is 11.1 Å². The molecule has 0 atom stereocenters. The van der Waals surface area contributed by atoms with Gasteiger partial charge in [0.25, 0.3) is 0 Å². The molecule has 3 nitrogen and oxygen atoms in total. The van der Waals surface area contributed by atoms with Gasteiger partial charge < -0.3 is 4.90 Å². The lowest BCUT2D eigenvalue weighted by Gasteiger charge is -2.38. The van der Waals surface area contributed by atoms with Crippen LogP contribution in [-0.2, 0) is 19.3 Å². The molecule has 0 spiro atoms. The minimum absolute atomic E-state index is 0.878. The lowest BCUT2D eigenvalue weighted by molar-refractivity contribution is 0.935. The molecule has 0 saturated heterocycles. The Morgan fingerprint density at radius 3 is 2.50 bits per heavy atom. The van der Waals surface area contributed by atoms with Crippen LogP contribution in [0, 0.1) is 0 Å². The Morgan fingerprint density at radius 2 is 1.50 bits per heavy atom. The van der Waals surface area contributed by atoms with Gasteiger partial charge in [-0.1, -0.05) is 24.3 Å². The van der Waals surface area contributed by atoms with Crippen molar-refractivity contribution in [2.45, 2.75) is 19.3 Å². The number of aromatic nitrogens is 2. The quantitative estimate of drug-likeness (QED) is 0.367. The van der Waals surface area contributed by atoms with E-state index in [1.807, 2.05) is 18.5 Å². The average Bonchev–Trinajstić information content (AvgIpc) is 3.09. The van der Waals surface area contributed by atoms with Gasteiger partial charge in [-0.3, -0.25) is 9.97 Å². The van der Waals surface area contributed by atoms with E-state index in [0.29, 0.717) is 0 Å². The molecule has 4 heterocycles. The highest BCUT2D eigenvalue weighted by atomic mass is 15.2. The van der Waals surface area contributed by atoms with Crippen molar-refractivity contribution >= 4 is 17.1 Å². The number of hydrogen-bond donors (Lipinski definition) is 0. The second kappa shape index (κ2) is 5.08. The Labute approximate surface area is 163 Å². The second-order valence-electron chi connectivity index (χ2n) is 7.90. The molecule has 0 unspecified atom stereocenters. The molecule has 0 amide bonds. The van der Waals surface area contributed by atoms with Gasteiger partial charge in [0.05, 0.1) is 28.5 Å². The minimum atomic E-state index is 0.878. The van der Waals surface area contributed by atoms with E-state index in [2.05, 4.69) is 58.4 Å². The van der Waals surface area contributed by atoms with Crippen molar-refractivity contribution in [3.63, 3.8) is 0 Å². The molecule has 0 bridgehead atoms. The van der Waals surface area contributed by atoms with E-state index in [4.69, 9.17) is 4.98 Å². The summed E-state index contributed by atoms with van der Waals surface area (Å²) in [4.78, 5) is 11.9. The van der Waals surface area contributed by atoms with Crippen molar-refractivity contribution in [1.29, 1.82) is 0 Å². The fourth-order valence-electron chi connectivity index (χ4n) is 5.15. The third kappa shape index (κ3) is 1.79. The number of hydrogen-bond acceptors (Lipinski definition) is 3. The lowest BCUT2D eigenvalue weighted by Crippen LogP contribution is -2.26. The molecule has 2 aliphatic heterocycles. The number of pyridine rings is 2. The van der Waals surface area contributed by atoms with Crippen LogP contribution in [0.2, 0.25) is 0 Å². The third-order valence-corrected chi connectivity index (χ3v) is 6.36. The van der Waals surface area contributed by atoms with Crippen molar-refractivity contribution in [1.82, 2.24) is 9.97 Å². The lowest BCUT2D eigenvalue weighted by atomic mass is 9.89. The van der Waals surface area contributed by atoms with E-state index >= 15 is 0 Å². The van der Waals surface area contributed by atoms with Crippen LogP contribution in [0.1, 0.15) is 33.6 Å². The largest absolute Gasteiger partial charge is 0.306 e. The summed E-state index contributed by atoms with van der Waals surface area (Å²) in [5.41, 5.74) is 14.4. The molecule has 0 radical (unpaired) electrons. The number of benzene rings is 2. The van der Waals surface area contributed by atoms with Crippen molar-refractivity contribution in [2.24, 2.45) is 0 Å². The SMILES string of the molecule is c1ccc2c(c1)Cc1cc3c(cc1-2)Cc1nccc2c1N3c1cccnc1C2. The molecular formula is C25H17N3. The van der Waals surface area contributed by atoms with Crippen LogP contribution in [0.3, 0.4) is 0 Å². The highest BCUT2D eigenvalue weighted by Crippen LogP contribution is 2.51. The molecule has 1 aliphatic carbocycles. The summed E-state index contributed by atoms with van der Waals surface area (Å²) in [6, 6.07) is 20.0. The molecule has 2 aromatic heterocycles. The first-order valence-corrected chi connectivity index (χ1v) is 9.82. The van der Waals surface area contributed by atoms with Crippen molar-refractivity contribution in [2.75, 3.05) is 4.90 Å². The van der Waals surface area contributed by atoms with E-state index in [1.54, 1.807) is 0 Å². The first-order chi connectivity index (χ1) is 13.9. The summed E-state index contributed by atoms with van der Waals surface area (Å²) in [5.74, 6) is 0. The summed E-state index contributed by atoms with van der Waals surface area (Å²) in [6.07, 6.45) is 6.63. The van der Waals surface area contributed by atoms with Crippen LogP contribution < -0.4 is 4.90 Å². The van der Waals surface area contributed by atoms with Crippen molar-refractivity contribution in [3.05, 3.63) is 101 Å². The molecule has 0 fully saturated rings. The molecule has 7 rings (SSSR count). The monoisotopic (exact) mass is 359 g/mol. The van der Waals surface area contributed by atoms with Gasteiger partial charge in [-0.2, -0.15) is 0 Å². The zero-order chi connectivity index (χ0) is 18.2. The van der Waals surface area contributed by atoms with E-state index in [0.717, 1.165) is 25.0 Å². The Bertz CT molecular complexity index is 1310. The number of nitrogens with zero attached hydrogens (tertiary/aromatic N) is 3. The number of rotatable bonds is 0. The van der Waals surface area contributed by atoms with Gasteiger partial charge in [0.15, 0.2) is 0 Å². The number of anilines is 3. The van der Waals surface area contributed by atoms with E-state index in [9.17, 15) is 0 Å². The Hall–Kier alpha value is -3.46. The van der Waals surface area contributed by atoms with Gasteiger partial charge in [0, 0.05) is 25.2 Å². The van der Waals surface area contributed by atoms with Gasteiger partial charge >= 0.3 is 0 Å². The molecule has 4 aromatic rings. The predicted molar refractivity (Wildman–Crippen MR) is 111 cm³/mol. The van der Waals surface area contributed by atoms with Gasteiger partial charge in [0.2, 0.25) is 0 Å². The van der Waals surface area contributed by atoms with Gasteiger partial charge in [-0.05, 0) is 70.1 Å². The molecule has 3 heteroatoms. The Kier molecular flexibility index (Phi) is 2.64. The maximum atomic E-state index is 4.76. The van der Waals surface area contributed by atoms with Crippen LogP contribution in [-0.4, -0.2) is 9.97 Å². The zero-order valence-electron chi connectivity index (χ0n) is 15.3. The van der Waals surface area contributed by atoms with Crippen molar-refractivity contribution < 1.29 is 0 Å². The number of fused-ring (bicyclic) bond motifs is 7. The standard InChI is InChI=1S/C25H17N3/c1-2-5-19-15(4-1)10-17-14-24-18(11-20(17)19)13-22-25-16(7-9-27-22)12-21-23(28(24)25)6-3-8-26-21/h1-9,11,14H,10,12-13H2. The first-order valence-electron chi connectivity index (χ1n) is 9.82. The smallest absolute Gasteiger partial charge is 0.0717 e. The summed E-state index contributed by atoms with van der Waals surface area (Å²) >= 11 is 0. The average molecular weight is 359 g/mol. The summed E-state index contributed by atoms with van der Waals surface area (Å²) in [5, 5.41) is 0. The summed E-state index contributed by atoms with van der Waals surface area (Å²) in [7, 11) is 0. The van der Waals surface area contributed by atoms with Gasteiger partial charge in [0.1, 0.15) is 0 Å². The van der Waals surface area contributed by atoms with E-state index in [1.165, 1.54) is 56.1 Å². The summed E-state index contributed by atoms with van der Waals surface area (Å²) in [6.45, 7) is 0. The molecule has 0 N–H and O–H groups in total. The molecule has 28 heavy (non-hydrogen) atoms.